The van der Waals surface area contributed by atoms with Crippen LogP contribution in [0.25, 0.3) is 11.5 Å². The Balaban J connectivity index is 0.00000169. The zero-order valence-corrected chi connectivity index (χ0v) is 14.7. The number of piperazine rings is 1. The van der Waals surface area contributed by atoms with Crippen LogP contribution in [0.1, 0.15) is 11.9 Å². The molecule has 24 heavy (non-hydrogen) atoms. The zero-order valence-electron chi connectivity index (χ0n) is 13.1. The van der Waals surface area contributed by atoms with Gasteiger partial charge in [0.05, 0.1) is 17.5 Å². The van der Waals surface area contributed by atoms with Gasteiger partial charge in [0.1, 0.15) is 0 Å². The average Bonchev–Trinajstić information content (AvgIpc) is 3.04. The number of thioether (sulfide) groups is 1. The first-order valence-electron chi connectivity index (χ1n) is 7.52. The minimum absolute atomic E-state index is 0. The van der Waals surface area contributed by atoms with Crippen molar-refractivity contribution in [1.82, 2.24) is 20.4 Å². The second-order valence-corrected chi connectivity index (χ2v) is 6.72. The van der Waals surface area contributed by atoms with Crippen LogP contribution in [0.5, 0.6) is 0 Å². The van der Waals surface area contributed by atoms with Gasteiger partial charge in [0.15, 0.2) is 5.82 Å². The van der Waals surface area contributed by atoms with Gasteiger partial charge in [-0.1, -0.05) is 5.16 Å². The molecule has 4 rings (SSSR count). The van der Waals surface area contributed by atoms with Crippen LogP contribution in [0.2, 0.25) is 0 Å². The molecule has 1 atom stereocenters. The van der Waals surface area contributed by atoms with Crippen molar-refractivity contribution < 1.29 is 9.32 Å². The summed E-state index contributed by atoms with van der Waals surface area (Å²) in [6.07, 6.45) is 0. The summed E-state index contributed by atoms with van der Waals surface area (Å²) in [5.74, 6) is 1.64. The maximum absolute atomic E-state index is 11.5. The molecular formula is C15H18ClN5O2S. The maximum Gasteiger partial charge on any atom is 0.258 e. The SMILES string of the molecule is CN1CCNCC1c1noc(-c2ccc3c(c2)NC(=O)CS3)n1.Cl. The van der Waals surface area contributed by atoms with Gasteiger partial charge in [-0.05, 0) is 25.2 Å². The Labute approximate surface area is 150 Å². The molecule has 1 aromatic heterocycles. The maximum atomic E-state index is 11.5. The summed E-state index contributed by atoms with van der Waals surface area (Å²) < 4.78 is 5.44. The molecule has 0 spiro atoms. The third-order valence-electron chi connectivity index (χ3n) is 4.11. The minimum Gasteiger partial charge on any atom is -0.334 e. The Bertz CT molecular complexity index is 753. The number of hydrogen-bond donors (Lipinski definition) is 2. The first kappa shape index (κ1) is 17.2. The first-order valence-corrected chi connectivity index (χ1v) is 8.51. The molecule has 7 nitrogen and oxygen atoms in total. The molecule has 1 fully saturated rings. The molecule has 2 aliphatic rings. The Morgan fingerprint density at radius 1 is 1.42 bits per heavy atom. The Morgan fingerprint density at radius 2 is 2.29 bits per heavy atom. The van der Waals surface area contributed by atoms with Crippen LogP contribution in [-0.4, -0.2) is 53.4 Å². The number of rotatable bonds is 2. The summed E-state index contributed by atoms with van der Waals surface area (Å²) in [4.78, 5) is 19.3. The predicted molar refractivity (Wildman–Crippen MR) is 94.6 cm³/mol. The first-order chi connectivity index (χ1) is 11.2. The number of aromatic nitrogens is 2. The number of amides is 1. The molecule has 0 saturated carbocycles. The fourth-order valence-electron chi connectivity index (χ4n) is 2.80. The highest BCUT2D eigenvalue weighted by atomic mass is 35.5. The lowest BCUT2D eigenvalue weighted by Crippen LogP contribution is -2.44. The van der Waals surface area contributed by atoms with Gasteiger partial charge in [0.2, 0.25) is 5.91 Å². The van der Waals surface area contributed by atoms with E-state index < -0.39 is 0 Å². The number of nitrogens with one attached hydrogen (secondary N) is 2. The molecule has 0 bridgehead atoms. The number of hydrogen-bond acceptors (Lipinski definition) is 7. The van der Waals surface area contributed by atoms with E-state index in [1.807, 2.05) is 18.2 Å². The number of benzene rings is 1. The molecule has 1 aromatic carbocycles. The second kappa shape index (κ2) is 7.10. The van der Waals surface area contributed by atoms with Crippen LogP contribution in [0.4, 0.5) is 5.69 Å². The molecule has 2 aromatic rings. The molecule has 1 saturated heterocycles. The van der Waals surface area contributed by atoms with Crippen LogP contribution in [-0.2, 0) is 4.79 Å². The highest BCUT2D eigenvalue weighted by Gasteiger charge is 2.26. The van der Waals surface area contributed by atoms with Gasteiger partial charge in [-0.25, -0.2) is 0 Å². The summed E-state index contributed by atoms with van der Waals surface area (Å²) in [6, 6.07) is 5.93. The van der Waals surface area contributed by atoms with Crippen LogP contribution in [0.15, 0.2) is 27.6 Å². The van der Waals surface area contributed by atoms with E-state index in [-0.39, 0.29) is 24.4 Å². The molecule has 1 amide bonds. The Kier molecular flexibility index (Phi) is 5.09. The fourth-order valence-corrected chi connectivity index (χ4v) is 3.59. The predicted octanol–water partition coefficient (Wildman–Crippen LogP) is 1.78. The highest BCUT2D eigenvalue weighted by Crippen LogP contribution is 2.34. The monoisotopic (exact) mass is 367 g/mol. The van der Waals surface area contributed by atoms with Crippen LogP contribution >= 0.6 is 24.2 Å². The van der Waals surface area contributed by atoms with Gasteiger partial charge in [-0.3, -0.25) is 9.69 Å². The van der Waals surface area contributed by atoms with E-state index in [1.165, 1.54) is 11.8 Å². The third kappa shape index (κ3) is 3.27. The van der Waals surface area contributed by atoms with Gasteiger partial charge >= 0.3 is 0 Å². The molecule has 2 N–H and O–H groups in total. The number of carbonyl (C=O) groups is 1. The largest absolute Gasteiger partial charge is 0.334 e. The molecule has 3 heterocycles. The van der Waals surface area contributed by atoms with Gasteiger partial charge < -0.3 is 15.2 Å². The van der Waals surface area contributed by atoms with Crippen LogP contribution in [0.3, 0.4) is 0 Å². The van der Waals surface area contributed by atoms with Crippen LogP contribution < -0.4 is 10.6 Å². The number of nitrogens with zero attached hydrogens (tertiary/aromatic N) is 3. The highest BCUT2D eigenvalue weighted by molar-refractivity contribution is 8.00. The summed E-state index contributed by atoms with van der Waals surface area (Å²) in [6.45, 7) is 2.74. The van der Waals surface area contributed by atoms with Crippen molar-refractivity contribution in [2.24, 2.45) is 0 Å². The summed E-state index contributed by atoms with van der Waals surface area (Å²) in [5, 5.41) is 10.4. The number of anilines is 1. The van der Waals surface area contributed by atoms with E-state index in [4.69, 9.17) is 4.52 Å². The van der Waals surface area contributed by atoms with Crippen molar-refractivity contribution in [3.05, 3.63) is 24.0 Å². The molecule has 0 aliphatic carbocycles. The topological polar surface area (TPSA) is 83.3 Å². The smallest absolute Gasteiger partial charge is 0.258 e. The molecular weight excluding hydrogens is 350 g/mol. The number of fused-ring (bicyclic) bond motifs is 1. The fraction of sp³-hybridized carbons (Fsp3) is 0.400. The van der Waals surface area contributed by atoms with Gasteiger partial charge in [-0.2, -0.15) is 4.98 Å². The third-order valence-corrected chi connectivity index (χ3v) is 5.18. The van der Waals surface area contributed by atoms with E-state index in [1.54, 1.807) is 0 Å². The van der Waals surface area contributed by atoms with Crippen molar-refractivity contribution in [3.8, 4) is 11.5 Å². The minimum atomic E-state index is 0. The van der Waals surface area contributed by atoms with Crippen LogP contribution in [0, 0.1) is 0 Å². The molecule has 9 heteroatoms. The zero-order chi connectivity index (χ0) is 15.8. The molecule has 0 radical (unpaired) electrons. The van der Waals surface area contributed by atoms with Gasteiger partial charge in [-0.15, -0.1) is 24.2 Å². The second-order valence-electron chi connectivity index (χ2n) is 5.71. The molecule has 2 aliphatic heterocycles. The van der Waals surface area contributed by atoms with E-state index in [9.17, 15) is 4.79 Å². The van der Waals surface area contributed by atoms with E-state index in [0.717, 1.165) is 35.8 Å². The van der Waals surface area contributed by atoms with E-state index >= 15 is 0 Å². The summed E-state index contributed by atoms with van der Waals surface area (Å²) >= 11 is 1.54. The molecule has 1 unspecified atom stereocenters. The quantitative estimate of drug-likeness (QED) is 0.837. The van der Waals surface area contributed by atoms with Gasteiger partial charge in [0, 0.05) is 30.1 Å². The lowest BCUT2D eigenvalue weighted by atomic mass is 10.2. The number of carbonyl (C=O) groups excluding carboxylic acids is 1. The summed E-state index contributed by atoms with van der Waals surface area (Å²) in [5.41, 5.74) is 1.62. The number of halogens is 1. The normalized spacial score (nSPS) is 20.9. The lowest BCUT2D eigenvalue weighted by molar-refractivity contribution is -0.113. The van der Waals surface area contributed by atoms with E-state index in [2.05, 4.69) is 32.7 Å². The Hall–Kier alpha value is -1.61. The lowest BCUT2D eigenvalue weighted by Gasteiger charge is -2.30. The van der Waals surface area contributed by atoms with Crippen molar-refractivity contribution in [3.63, 3.8) is 0 Å². The van der Waals surface area contributed by atoms with Crippen molar-refractivity contribution in [1.29, 1.82) is 0 Å². The van der Waals surface area contributed by atoms with Crippen molar-refractivity contribution in [2.75, 3.05) is 37.8 Å². The Morgan fingerprint density at radius 3 is 3.12 bits per heavy atom. The average molecular weight is 368 g/mol. The van der Waals surface area contributed by atoms with Crippen molar-refractivity contribution in [2.45, 2.75) is 10.9 Å². The number of likely N-dealkylation sites (N-methyl/N-ethyl adjacent to an activating group) is 1. The molecule has 128 valence electrons. The van der Waals surface area contributed by atoms with Gasteiger partial charge in [0.25, 0.3) is 5.89 Å². The summed E-state index contributed by atoms with van der Waals surface area (Å²) in [7, 11) is 2.06. The van der Waals surface area contributed by atoms with E-state index in [0.29, 0.717) is 17.5 Å². The van der Waals surface area contributed by atoms with Crippen molar-refractivity contribution >= 4 is 35.8 Å². The standard InChI is InChI=1S/C15H17N5O2S.ClH/c1-20-5-4-16-7-11(20)14-18-15(22-19-14)9-2-3-12-10(6-9)17-13(21)8-23-12;/h2-3,6,11,16H,4-5,7-8H2,1H3,(H,17,21);1H.